The zero-order valence-electron chi connectivity index (χ0n) is 15.7. The molecule has 2 aromatic carbocycles. The van der Waals surface area contributed by atoms with Gasteiger partial charge in [-0.3, -0.25) is 0 Å². The third kappa shape index (κ3) is 2.37. The summed E-state index contributed by atoms with van der Waals surface area (Å²) in [5.74, 6) is 0.863. The van der Waals surface area contributed by atoms with Crippen LogP contribution in [0.25, 0.3) is 6.08 Å². The summed E-state index contributed by atoms with van der Waals surface area (Å²) in [4.78, 5) is 2.39. The molecule has 0 aliphatic carbocycles. The van der Waals surface area contributed by atoms with E-state index in [1.54, 1.807) is 7.11 Å². The molecule has 4 nitrogen and oxygen atoms in total. The minimum atomic E-state index is -0.470. The van der Waals surface area contributed by atoms with E-state index < -0.39 is 5.72 Å². The molecule has 136 valence electrons. The van der Waals surface area contributed by atoms with E-state index >= 15 is 0 Å². The van der Waals surface area contributed by atoms with Crippen molar-refractivity contribution in [2.45, 2.75) is 31.5 Å². The lowest BCUT2D eigenvalue weighted by Gasteiger charge is -2.39. The van der Waals surface area contributed by atoms with Gasteiger partial charge in [0.25, 0.3) is 0 Å². The van der Waals surface area contributed by atoms with Gasteiger partial charge in [-0.05, 0) is 41.0 Å². The molecular weight excluding hydrogens is 324 g/mol. The fraction of sp³-hybridized carbons (Fsp3) is 0.364. The first-order valence-electron chi connectivity index (χ1n) is 9.10. The van der Waals surface area contributed by atoms with Gasteiger partial charge in [0.1, 0.15) is 5.75 Å². The molecule has 2 aromatic rings. The number of anilines is 1. The number of nitrogens with zero attached hydrogens (tertiary/aromatic N) is 1. The van der Waals surface area contributed by atoms with Crippen LogP contribution in [-0.2, 0) is 16.7 Å². The number of benzene rings is 2. The molecule has 1 atom stereocenters. The Labute approximate surface area is 155 Å². The molecule has 4 rings (SSSR count). The Hall–Kier alpha value is -2.30. The SMILES string of the molecule is COc1ccc(C=CC23OCCN2c2ccc(CN)cc2C3(C)C)cc1. The summed E-state index contributed by atoms with van der Waals surface area (Å²) in [5.41, 5.74) is 10.1. The molecule has 0 radical (unpaired) electrons. The normalized spacial score (nSPS) is 23.3. The maximum absolute atomic E-state index is 6.39. The Morgan fingerprint density at radius 3 is 2.65 bits per heavy atom. The lowest BCUT2D eigenvalue weighted by molar-refractivity contribution is 0.000325. The molecule has 2 N–H and O–H groups in total. The van der Waals surface area contributed by atoms with E-state index in [2.05, 4.69) is 61.2 Å². The van der Waals surface area contributed by atoms with E-state index in [4.69, 9.17) is 15.2 Å². The molecular formula is C22H26N2O2. The summed E-state index contributed by atoms with van der Waals surface area (Å²) < 4.78 is 11.6. The Morgan fingerprint density at radius 2 is 1.96 bits per heavy atom. The maximum Gasteiger partial charge on any atom is 0.170 e. The first-order chi connectivity index (χ1) is 12.5. The van der Waals surface area contributed by atoms with E-state index in [9.17, 15) is 0 Å². The summed E-state index contributed by atoms with van der Waals surface area (Å²) in [6.45, 7) is 6.70. The second-order valence-electron chi connectivity index (χ2n) is 7.48. The molecule has 1 saturated heterocycles. The van der Waals surface area contributed by atoms with Gasteiger partial charge in [-0.25, -0.2) is 0 Å². The first-order valence-corrected chi connectivity index (χ1v) is 9.10. The van der Waals surface area contributed by atoms with E-state index in [0.29, 0.717) is 6.54 Å². The lowest BCUT2D eigenvalue weighted by atomic mass is 9.77. The molecule has 4 heteroatoms. The van der Waals surface area contributed by atoms with Crippen LogP contribution in [0.15, 0.2) is 48.5 Å². The highest BCUT2D eigenvalue weighted by atomic mass is 16.5. The van der Waals surface area contributed by atoms with Crippen LogP contribution < -0.4 is 15.4 Å². The monoisotopic (exact) mass is 350 g/mol. The number of fused-ring (bicyclic) bond motifs is 3. The largest absolute Gasteiger partial charge is 0.497 e. The number of ether oxygens (including phenoxy) is 2. The third-order valence-electron chi connectivity index (χ3n) is 5.81. The van der Waals surface area contributed by atoms with Gasteiger partial charge in [-0.2, -0.15) is 0 Å². The highest BCUT2D eigenvalue weighted by Crippen LogP contribution is 2.55. The van der Waals surface area contributed by atoms with Crippen molar-refractivity contribution in [3.63, 3.8) is 0 Å². The molecule has 1 unspecified atom stereocenters. The van der Waals surface area contributed by atoms with E-state index in [1.807, 2.05) is 12.1 Å². The smallest absolute Gasteiger partial charge is 0.170 e. The molecule has 2 aliphatic rings. The van der Waals surface area contributed by atoms with Gasteiger partial charge in [-0.15, -0.1) is 0 Å². The molecule has 0 saturated carbocycles. The van der Waals surface area contributed by atoms with Gasteiger partial charge in [-0.1, -0.05) is 44.2 Å². The second kappa shape index (κ2) is 6.15. The summed E-state index contributed by atoms with van der Waals surface area (Å²) >= 11 is 0. The first kappa shape index (κ1) is 17.1. The highest BCUT2D eigenvalue weighted by molar-refractivity contribution is 5.70. The molecule has 2 heterocycles. The number of nitrogens with two attached hydrogens (primary N) is 1. The number of hydrogen-bond donors (Lipinski definition) is 1. The second-order valence-corrected chi connectivity index (χ2v) is 7.48. The van der Waals surface area contributed by atoms with Crippen LogP contribution in [0.4, 0.5) is 5.69 Å². The molecule has 26 heavy (non-hydrogen) atoms. The van der Waals surface area contributed by atoms with Crippen LogP contribution in [0, 0.1) is 0 Å². The van der Waals surface area contributed by atoms with E-state index in [0.717, 1.165) is 30.0 Å². The predicted octanol–water partition coefficient (Wildman–Crippen LogP) is 3.69. The van der Waals surface area contributed by atoms with E-state index in [1.165, 1.54) is 11.3 Å². The van der Waals surface area contributed by atoms with Crippen molar-refractivity contribution >= 4 is 11.8 Å². The van der Waals surface area contributed by atoms with Crippen molar-refractivity contribution in [1.29, 1.82) is 0 Å². The van der Waals surface area contributed by atoms with Crippen LogP contribution in [0.5, 0.6) is 5.75 Å². The Bertz CT molecular complexity index is 842. The minimum Gasteiger partial charge on any atom is -0.497 e. The minimum absolute atomic E-state index is 0.174. The van der Waals surface area contributed by atoms with Gasteiger partial charge < -0.3 is 20.1 Å². The Kier molecular flexibility index (Phi) is 4.05. The van der Waals surface area contributed by atoms with Crippen LogP contribution >= 0.6 is 0 Å². The summed E-state index contributed by atoms with van der Waals surface area (Å²) in [6, 6.07) is 14.6. The fourth-order valence-corrected chi connectivity index (χ4v) is 4.26. The number of hydrogen-bond acceptors (Lipinski definition) is 4. The standard InChI is InChI=1S/C22H26N2O2/c1-21(2)19-14-17(15-23)6-9-20(19)24-12-13-26-22(21,24)11-10-16-4-7-18(25-3)8-5-16/h4-11,14H,12-13,15,23H2,1-3H3. The molecule has 0 spiro atoms. The molecule has 0 aromatic heterocycles. The van der Waals surface area contributed by atoms with Crippen LogP contribution in [0.3, 0.4) is 0 Å². The Balaban J connectivity index is 1.75. The quantitative estimate of drug-likeness (QED) is 0.913. The van der Waals surface area contributed by atoms with Gasteiger partial charge in [0.05, 0.1) is 13.7 Å². The summed E-state index contributed by atoms with van der Waals surface area (Å²) in [7, 11) is 1.68. The molecule has 0 bridgehead atoms. The maximum atomic E-state index is 6.39. The van der Waals surface area contributed by atoms with Crippen LogP contribution in [0.2, 0.25) is 0 Å². The summed E-state index contributed by atoms with van der Waals surface area (Å²) in [5, 5.41) is 0. The van der Waals surface area contributed by atoms with Crippen molar-refractivity contribution in [3.8, 4) is 5.75 Å². The van der Waals surface area contributed by atoms with Crippen molar-refractivity contribution in [3.05, 3.63) is 65.2 Å². The van der Waals surface area contributed by atoms with Crippen molar-refractivity contribution < 1.29 is 9.47 Å². The number of rotatable bonds is 4. The Morgan fingerprint density at radius 1 is 1.19 bits per heavy atom. The highest BCUT2D eigenvalue weighted by Gasteiger charge is 2.59. The van der Waals surface area contributed by atoms with Crippen LogP contribution in [-0.4, -0.2) is 26.0 Å². The van der Waals surface area contributed by atoms with Crippen molar-refractivity contribution in [2.24, 2.45) is 5.73 Å². The van der Waals surface area contributed by atoms with Gasteiger partial charge in [0.2, 0.25) is 0 Å². The zero-order chi connectivity index (χ0) is 18.4. The zero-order valence-corrected chi connectivity index (χ0v) is 15.7. The van der Waals surface area contributed by atoms with Gasteiger partial charge in [0.15, 0.2) is 5.72 Å². The third-order valence-corrected chi connectivity index (χ3v) is 5.81. The molecule has 2 aliphatic heterocycles. The molecule has 0 amide bonds. The van der Waals surface area contributed by atoms with E-state index in [-0.39, 0.29) is 5.41 Å². The molecule has 1 fully saturated rings. The topological polar surface area (TPSA) is 47.7 Å². The summed E-state index contributed by atoms with van der Waals surface area (Å²) in [6.07, 6.45) is 4.36. The van der Waals surface area contributed by atoms with Crippen molar-refractivity contribution in [1.82, 2.24) is 0 Å². The predicted molar refractivity (Wildman–Crippen MR) is 105 cm³/mol. The average molecular weight is 350 g/mol. The number of methoxy groups -OCH3 is 1. The fourth-order valence-electron chi connectivity index (χ4n) is 4.26. The average Bonchev–Trinajstić information content (AvgIpc) is 3.17. The van der Waals surface area contributed by atoms with Crippen molar-refractivity contribution in [2.75, 3.05) is 25.2 Å². The van der Waals surface area contributed by atoms with Gasteiger partial charge >= 0.3 is 0 Å². The van der Waals surface area contributed by atoms with Gasteiger partial charge in [0, 0.05) is 24.2 Å². The van der Waals surface area contributed by atoms with Crippen LogP contribution in [0.1, 0.15) is 30.5 Å². The lowest BCUT2D eigenvalue weighted by Crippen LogP contribution is -2.51.